The first-order valence-corrected chi connectivity index (χ1v) is 26.2. The van der Waals surface area contributed by atoms with E-state index in [0.29, 0.717) is 0 Å². The Balaban J connectivity index is 0.821. The summed E-state index contributed by atoms with van der Waals surface area (Å²) < 4.78 is 0. The van der Waals surface area contributed by atoms with Crippen LogP contribution in [0.1, 0.15) is 212 Å². The number of hydrogen-bond donors (Lipinski definition) is 0. The van der Waals surface area contributed by atoms with E-state index in [1.807, 2.05) is 0 Å². The van der Waals surface area contributed by atoms with Gasteiger partial charge >= 0.3 is 0 Å². The van der Waals surface area contributed by atoms with E-state index in [-0.39, 0.29) is 0 Å². The highest BCUT2D eigenvalue weighted by Crippen LogP contribution is 2.65. The molecular formula is C53H86. The Morgan fingerprint density at radius 2 is 0.509 bits per heavy atom. The van der Waals surface area contributed by atoms with Gasteiger partial charge in [0.2, 0.25) is 0 Å². The zero-order chi connectivity index (χ0) is 34.9. The third-order valence-corrected chi connectivity index (χ3v) is 22.3. The molecule has 0 radical (unpaired) electrons. The van der Waals surface area contributed by atoms with Crippen LogP contribution in [0.2, 0.25) is 0 Å². The molecule has 11 rings (SSSR count). The van der Waals surface area contributed by atoms with E-state index in [4.69, 9.17) is 0 Å². The summed E-state index contributed by atoms with van der Waals surface area (Å²) in [4.78, 5) is 0. The Hall–Kier alpha value is 0. The molecule has 11 aliphatic rings. The SMILES string of the molecule is C1CCC(C2CC(C3CCC4C(CCC5C6CCCCC6CCC45)C3)CC(C3CC4CC5CC6CCCCC6CC5C4C(C4CCCCC4)C3)C2)CC1. The normalized spacial score (nSPS) is 53.7. The van der Waals surface area contributed by atoms with E-state index in [2.05, 4.69) is 0 Å². The van der Waals surface area contributed by atoms with Crippen molar-refractivity contribution >= 4 is 0 Å². The predicted molar refractivity (Wildman–Crippen MR) is 222 cm³/mol. The standard InChI is InChI=1S/C53H86/c1-3-11-34(12-4-1)41-27-42(39-20-22-48-40(25-39)21-24-49-47-18-10-9-15-36(47)19-23-50(48)49)29-43(28-41)44-30-46-31-45-26-37-16-7-8-17-38(37)32-52(45)53(46)51(33-44)35-13-5-2-6-14-35/h34-53H,1-33H2. The van der Waals surface area contributed by atoms with E-state index >= 15 is 0 Å². The Kier molecular flexibility index (Phi) is 10.7. The number of fused-ring (bicyclic) bond motifs is 9. The maximum absolute atomic E-state index is 1.71. The van der Waals surface area contributed by atoms with Crippen LogP contribution in [0.25, 0.3) is 0 Å². The minimum atomic E-state index is 1.10. The summed E-state index contributed by atoms with van der Waals surface area (Å²) in [5.74, 6) is 22.6. The van der Waals surface area contributed by atoms with Crippen LogP contribution in [0.15, 0.2) is 0 Å². The molecule has 18 atom stereocenters. The summed E-state index contributed by atoms with van der Waals surface area (Å²) >= 11 is 0. The van der Waals surface area contributed by atoms with Crippen LogP contribution in [0, 0.1) is 118 Å². The molecule has 0 saturated heterocycles. The van der Waals surface area contributed by atoms with Crippen LogP contribution in [0.4, 0.5) is 0 Å². The first-order valence-electron chi connectivity index (χ1n) is 26.2. The molecule has 0 spiro atoms. The molecule has 0 aromatic rings. The maximum Gasteiger partial charge on any atom is -0.0323 e. The quantitative estimate of drug-likeness (QED) is 0.271. The van der Waals surface area contributed by atoms with Crippen molar-refractivity contribution in [3.63, 3.8) is 0 Å². The summed E-state index contributed by atoms with van der Waals surface area (Å²) in [6.45, 7) is 0. The van der Waals surface area contributed by atoms with Gasteiger partial charge in [0.25, 0.3) is 0 Å². The molecule has 0 aromatic carbocycles. The minimum Gasteiger partial charge on any atom is -0.0533 e. The zero-order valence-corrected chi connectivity index (χ0v) is 34.9. The fraction of sp³-hybridized carbons (Fsp3) is 1.00. The first kappa shape index (κ1) is 36.1. The number of rotatable bonds is 4. The molecule has 0 nitrogen and oxygen atoms in total. The van der Waals surface area contributed by atoms with Gasteiger partial charge in [-0.15, -0.1) is 0 Å². The molecule has 18 unspecified atom stereocenters. The lowest BCUT2D eigenvalue weighted by molar-refractivity contribution is -0.0624. The van der Waals surface area contributed by atoms with Gasteiger partial charge in [0.1, 0.15) is 0 Å². The number of hydrogen-bond acceptors (Lipinski definition) is 0. The predicted octanol–water partition coefficient (Wildman–Crippen LogP) is 15.3. The van der Waals surface area contributed by atoms with Crippen molar-refractivity contribution in [1.82, 2.24) is 0 Å². The van der Waals surface area contributed by atoms with E-state index in [1.165, 1.54) is 0 Å². The van der Waals surface area contributed by atoms with Crippen LogP contribution >= 0.6 is 0 Å². The molecule has 53 heavy (non-hydrogen) atoms. The van der Waals surface area contributed by atoms with Crippen molar-refractivity contribution in [1.29, 1.82) is 0 Å². The molecule has 11 aliphatic carbocycles. The molecule has 0 amide bonds. The zero-order valence-electron chi connectivity index (χ0n) is 34.9. The van der Waals surface area contributed by atoms with Crippen molar-refractivity contribution in [3.8, 4) is 0 Å². The second kappa shape index (κ2) is 15.6. The van der Waals surface area contributed by atoms with Gasteiger partial charge in [-0.25, -0.2) is 0 Å². The second-order valence-electron chi connectivity index (χ2n) is 24.1. The van der Waals surface area contributed by atoms with Crippen molar-refractivity contribution in [2.75, 3.05) is 0 Å². The Morgan fingerprint density at radius 3 is 1.25 bits per heavy atom. The van der Waals surface area contributed by atoms with E-state index in [0.717, 1.165) is 118 Å². The topological polar surface area (TPSA) is 0 Å². The maximum atomic E-state index is 1.71. The van der Waals surface area contributed by atoms with Gasteiger partial charge in [-0.3, -0.25) is 0 Å². The summed E-state index contributed by atoms with van der Waals surface area (Å²) in [6.07, 6.45) is 53.6. The van der Waals surface area contributed by atoms with Crippen LogP contribution in [0.5, 0.6) is 0 Å². The van der Waals surface area contributed by atoms with Gasteiger partial charge in [0.05, 0.1) is 0 Å². The molecule has 0 aromatic heterocycles. The molecule has 298 valence electrons. The Morgan fingerprint density at radius 1 is 0.151 bits per heavy atom. The highest BCUT2D eigenvalue weighted by molar-refractivity contribution is 5.06. The van der Waals surface area contributed by atoms with Crippen LogP contribution in [0.3, 0.4) is 0 Å². The van der Waals surface area contributed by atoms with Gasteiger partial charge in [0.15, 0.2) is 0 Å². The minimum absolute atomic E-state index is 1.10. The highest BCUT2D eigenvalue weighted by Gasteiger charge is 2.56. The lowest BCUT2D eigenvalue weighted by atomic mass is 9.49. The third kappa shape index (κ3) is 6.93. The first-order chi connectivity index (χ1) is 26.2. The van der Waals surface area contributed by atoms with E-state index in [1.54, 1.807) is 212 Å². The van der Waals surface area contributed by atoms with Crippen LogP contribution in [-0.2, 0) is 0 Å². The lowest BCUT2D eigenvalue weighted by Crippen LogP contribution is -2.47. The van der Waals surface area contributed by atoms with Crippen molar-refractivity contribution in [2.45, 2.75) is 212 Å². The molecule has 0 aliphatic heterocycles. The average molecular weight is 723 g/mol. The summed E-state index contributed by atoms with van der Waals surface area (Å²) in [6, 6.07) is 0. The van der Waals surface area contributed by atoms with Crippen molar-refractivity contribution in [2.24, 2.45) is 118 Å². The fourth-order valence-corrected chi connectivity index (χ4v) is 20.3. The molecule has 0 N–H and O–H groups in total. The van der Waals surface area contributed by atoms with Crippen LogP contribution in [-0.4, -0.2) is 0 Å². The van der Waals surface area contributed by atoms with E-state index in [9.17, 15) is 0 Å². The smallest absolute Gasteiger partial charge is 0.0323 e. The largest absolute Gasteiger partial charge is 0.0533 e. The summed E-state index contributed by atoms with van der Waals surface area (Å²) in [5.41, 5.74) is 0. The second-order valence-corrected chi connectivity index (χ2v) is 24.1. The molecular weight excluding hydrogens is 637 g/mol. The molecule has 11 saturated carbocycles. The average Bonchev–Trinajstić information content (AvgIpc) is 3.59. The van der Waals surface area contributed by atoms with Crippen LogP contribution < -0.4 is 0 Å². The molecule has 0 heteroatoms. The Labute approximate surface area is 329 Å². The van der Waals surface area contributed by atoms with Gasteiger partial charge in [-0.05, 0) is 221 Å². The van der Waals surface area contributed by atoms with Crippen molar-refractivity contribution < 1.29 is 0 Å². The van der Waals surface area contributed by atoms with E-state index < -0.39 is 0 Å². The van der Waals surface area contributed by atoms with Gasteiger partial charge in [0, 0.05) is 0 Å². The molecule has 11 fully saturated rings. The Bertz CT molecular complexity index is 1200. The van der Waals surface area contributed by atoms with Gasteiger partial charge < -0.3 is 0 Å². The monoisotopic (exact) mass is 723 g/mol. The molecule has 0 bridgehead atoms. The molecule has 0 heterocycles. The van der Waals surface area contributed by atoms with Gasteiger partial charge in [-0.1, -0.05) is 109 Å². The highest BCUT2D eigenvalue weighted by atomic mass is 14.6. The third-order valence-electron chi connectivity index (χ3n) is 22.3. The summed E-state index contributed by atoms with van der Waals surface area (Å²) in [5, 5.41) is 0. The summed E-state index contributed by atoms with van der Waals surface area (Å²) in [7, 11) is 0. The fourth-order valence-electron chi connectivity index (χ4n) is 20.3. The van der Waals surface area contributed by atoms with Gasteiger partial charge in [-0.2, -0.15) is 0 Å². The lowest BCUT2D eigenvalue weighted by Gasteiger charge is -2.56. The van der Waals surface area contributed by atoms with Crippen molar-refractivity contribution in [3.05, 3.63) is 0 Å².